The molecule has 0 bridgehead atoms. The molecule has 0 radical (unpaired) electrons. The molecule has 0 spiro atoms. The van der Waals surface area contributed by atoms with Crippen LogP contribution in [0.2, 0.25) is 0 Å². The van der Waals surface area contributed by atoms with Gasteiger partial charge in [-0.2, -0.15) is 0 Å². The number of carbonyl (C=O) groups excluding carboxylic acids is 1. The van der Waals surface area contributed by atoms with Crippen LogP contribution in [0, 0.1) is 17.8 Å². The molecule has 2 rings (SSSR count). The van der Waals surface area contributed by atoms with Crippen LogP contribution in [0.4, 0.5) is 0 Å². The number of aliphatic hydroxyl groups excluding tert-OH is 1. The highest BCUT2D eigenvalue weighted by atomic mass is 16.6. The Bertz CT molecular complexity index is 351. The van der Waals surface area contributed by atoms with E-state index in [1.165, 1.54) is 0 Å². The minimum absolute atomic E-state index is 0.0216. The molecule has 0 saturated heterocycles. The smallest absolute Gasteiger partial charge is 0.138 e. The van der Waals surface area contributed by atoms with E-state index >= 15 is 0 Å². The van der Waals surface area contributed by atoms with Crippen molar-refractivity contribution in [2.45, 2.75) is 58.7 Å². The molecule has 1 unspecified atom stereocenters. The van der Waals surface area contributed by atoms with Crippen molar-refractivity contribution in [3.8, 4) is 0 Å². The minimum atomic E-state index is -0.753. The molecule has 102 valence electrons. The van der Waals surface area contributed by atoms with Gasteiger partial charge in [0.1, 0.15) is 18.0 Å². The summed E-state index contributed by atoms with van der Waals surface area (Å²) in [5.74, 6) is 0.358. The van der Waals surface area contributed by atoms with Crippen LogP contribution in [-0.2, 0) is 9.63 Å². The van der Waals surface area contributed by atoms with Crippen LogP contribution in [0.25, 0.3) is 0 Å². The van der Waals surface area contributed by atoms with E-state index in [1.807, 2.05) is 6.92 Å². The first kappa shape index (κ1) is 13.5. The maximum absolute atomic E-state index is 11.9. The Morgan fingerprint density at radius 2 is 2.11 bits per heavy atom. The summed E-state index contributed by atoms with van der Waals surface area (Å²) in [5.41, 5.74) is 0.661. The van der Waals surface area contributed by atoms with E-state index in [9.17, 15) is 9.90 Å². The predicted molar refractivity (Wildman–Crippen MR) is 69.3 cm³/mol. The molecule has 1 saturated carbocycles. The summed E-state index contributed by atoms with van der Waals surface area (Å²) in [6, 6.07) is 0. The molecule has 0 aromatic carbocycles. The van der Waals surface area contributed by atoms with Crippen LogP contribution in [0.3, 0.4) is 0 Å². The average Bonchev–Trinajstić information content (AvgIpc) is 2.71. The third-order valence-corrected chi connectivity index (χ3v) is 4.18. The van der Waals surface area contributed by atoms with E-state index in [-0.39, 0.29) is 23.7 Å². The van der Waals surface area contributed by atoms with Gasteiger partial charge in [-0.05, 0) is 18.8 Å². The molecule has 4 nitrogen and oxygen atoms in total. The van der Waals surface area contributed by atoms with Crippen molar-refractivity contribution in [1.29, 1.82) is 0 Å². The second kappa shape index (κ2) is 5.39. The number of hydrogen-bond donors (Lipinski definition) is 1. The van der Waals surface area contributed by atoms with Crippen molar-refractivity contribution < 1.29 is 14.7 Å². The number of nitrogens with zero attached hydrogens (tertiary/aromatic N) is 1. The zero-order valence-electron chi connectivity index (χ0n) is 11.4. The summed E-state index contributed by atoms with van der Waals surface area (Å²) < 4.78 is 0. The summed E-state index contributed by atoms with van der Waals surface area (Å²) in [5, 5.41) is 14.4. The van der Waals surface area contributed by atoms with Gasteiger partial charge in [-0.15, -0.1) is 0 Å². The quantitative estimate of drug-likeness (QED) is 0.838. The maximum atomic E-state index is 11.9. The average molecular weight is 253 g/mol. The number of hydrogen-bond acceptors (Lipinski definition) is 4. The van der Waals surface area contributed by atoms with Crippen LogP contribution in [0.5, 0.6) is 0 Å². The third kappa shape index (κ3) is 2.44. The molecule has 18 heavy (non-hydrogen) atoms. The lowest BCUT2D eigenvalue weighted by Gasteiger charge is -2.27. The third-order valence-electron chi connectivity index (χ3n) is 4.18. The largest absolute Gasteiger partial charge is 0.391 e. The van der Waals surface area contributed by atoms with Gasteiger partial charge in [-0.1, -0.05) is 32.3 Å². The minimum Gasteiger partial charge on any atom is -0.391 e. The maximum Gasteiger partial charge on any atom is 0.138 e. The van der Waals surface area contributed by atoms with Crippen molar-refractivity contribution in [3.63, 3.8) is 0 Å². The lowest BCUT2D eigenvalue weighted by atomic mass is 9.79. The molecule has 0 amide bonds. The Kier molecular flexibility index (Phi) is 4.05. The first-order valence-corrected chi connectivity index (χ1v) is 6.96. The number of Topliss-reactive ketones (excluding diaryl/α,β-unsaturated/α-hetero) is 1. The van der Waals surface area contributed by atoms with Gasteiger partial charge in [0.2, 0.25) is 0 Å². The standard InChI is InChI=1S/C14H23NO3/c1-8(2)14-9(3)12(15-18-14)13(17)10-6-4-5-7-11(10)16/h8-10,13-14,17H,4-7H2,1-3H3/t9-,10?,13+,14-/m0/s1. The fourth-order valence-corrected chi connectivity index (χ4v) is 3.04. The predicted octanol–water partition coefficient (Wildman–Crippen LogP) is 2.15. The molecular weight excluding hydrogens is 230 g/mol. The van der Waals surface area contributed by atoms with Crippen molar-refractivity contribution in [1.82, 2.24) is 0 Å². The van der Waals surface area contributed by atoms with Gasteiger partial charge in [0, 0.05) is 18.3 Å². The van der Waals surface area contributed by atoms with E-state index < -0.39 is 6.10 Å². The highest BCUT2D eigenvalue weighted by molar-refractivity contribution is 5.96. The number of oxime groups is 1. The molecule has 1 heterocycles. The molecule has 4 atom stereocenters. The number of aliphatic hydroxyl groups is 1. The number of rotatable bonds is 3. The highest BCUT2D eigenvalue weighted by Gasteiger charge is 2.41. The van der Waals surface area contributed by atoms with Gasteiger partial charge in [-0.25, -0.2) is 0 Å². The van der Waals surface area contributed by atoms with Gasteiger partial charge in [0.15, 0.2) is 0 Å². The van der Waals surface area contributed by atoms with Gasteiger partial charge in [-0.3, -0.25) is 4.79 Å². The fourth-order valence-electron chi connectivity index (χ4n) is 3.04. The second-order valence-electron chi connectivity index (χ2n) is 5.88. The molecular formula is C14H23NO3. The first-order valence-electron chi connectivity index (χ1n) is 6.96. The summed E-state index contributed by atoms with van der Waals surface area (Å²) in [4.78, 5) is 17.3. The molecule has 1 aliphatic carbocycles. The zero-order valence-corrected chi connectivity index (χ0v) is 11.4. The molecule has 2 aliphatic rings. The number of carbonyl (C=O) groups is 1. The SMILES string of the molecule is CC(C)[C@@H]1ON=C([C@H](O)C2CCCCC2=O)[C@@H]1C. The van der Waals surface area contributed by atoms with Crippen molar-refractivity contribution in [2.75, 3.05) is 0 Å². The van der Waals surface area contributed by atoms with Crippen molar-refractivity contribution in [3.05, 3.63) is 0 Å². The Hall–Kier alpha value is -0.900. The molecule has 1 fully saturated rings. The van der Waals surface area contributed by atoms with Crippen LogP contribution in [0.1, 0.15) is 46.5 Å². The molecule has 0 aromatic heterocycles. The van der Waals surface area contributed by atoms with E-state index in [1.54, 1.807) is 0 Å². The van der Waals surface area contributed by atoms with E-state index in [2.05, 4.69) is 19.0 Å². The number of ketones is 1. The second-order valence-corrected chi connectivity index (χ2v) is 5.88. The Labute approximate surface area is 108 Å². The normalized spacial score (nSPS) is 34.4. The van der Waals surface area contributed by atoms with Gasteiger partial charge >= 0.3 is 0 Å². The van der Waals surface area contributed by atoms with Crippen molar-refractivity contribution >= 4 is 11.5 Å². The molecule has 4 heteroatoms. The topological polar surface area (TPSA) is 58.9 Å². The Balaban J connectivity index is 2.05. The van der Waals surface area contributed by atoms with Crippen LogP contribution in [-0.4, -0.2) is 28.8 Å². The fraction of sp³-hybridized carbons (Fsp3) is 0.857. The van der Waals surface area contributed by atoms with Gasteiger partial charge in [0.05, 0.1) is 5.71 Å². The van der Waals surface area contributed by atoms with Gasteiger partial charge < -0.3 is 9.94 Å². The highest BCUT2D eigenvalue weighted by Crippen LogP contribution is 2.31. The Morgan fingerprint density at radius 1 is 1.39 bits per heavy atom. The Morgan fingerprint density at radius 3 is 2.67 bits per heavy atom. The van der Waals surface area contributed by atoms with Crippen LogP contribution >= 0.6 is 0 Å². The summed E-state index contributed by atoms with van der Waals surface area (Å²) in [6.07, 6.45) is 2.61. The summed E-state index contributed by atoms with van der Waals surface area (Å²) in [7, 11) is 0. The lowest BCUT2D eigenvalue weighted by molar-refractivity contribution is -0.126. The van der Waals surface area contributed by atoms with Crippen LogP contribution < -0.4 is 0 Å². The summed E-state index contributed by atoms with van der Waals surface area (Å²) in [6.45, 7) is 6.18. The van der Waals surface area contributed by atoms with Gasteiger partial charge in [0.25, 0.3) is 0 Å². The lowest BCUT2D eigenvalue weighted by Crippen LogP contribution is -2.40. The zero-order chi connectivity index (χ0) is 13.3. The molecule has 1 N–H and O–H groups in total. The van der Waals surface area contributed by atoms with E-state index in [0.29, 0.717) is 18.1 Å². The van der Waals surface area contributed by atoms with E-state index in [0.717, 1.165) is 19.3 Å². The molecule has 1 aliphatic heterocycles. The monoisotopic (exact) mass is 253 g/mol. The van der Waals surface area contributed by atoms with E-state index in [4.69, 9.17) is 4.84 Å². The van der Waals surface area contributed by atoms with Crippen molar-refractivity contribution in [2.24, 2.45) is 22.9 Å². The molecule has 0 aromatic rings. The summed E-state index contributed by atoms with van der Waals surface area (Å²) >= 11 is 0. The van der Waals surface area contributed by atoms with Crippen LogP contribution in [0.15, 0.2) is 5.16 Å². The first-order chi connectivity index (χ1) is 8.52.